The average molecular weight is 302 g/mol. The highest BCUT2D eigenvalue weighted by atomic mass is 32.2. The summed E-state index contributed by atoms with van der Waals surface area (Å²) in [7, 11) is 0. The SMILES string of the molecule is CCC(CC)(CNC(=O)NCC1CCCCS1)C(=O)O. The molecule has 0 aromatic heterocycles. The molecule has 3 N–H and O–H groups in total. The lowest BCUT2D eigenvalue weighted by Gasteiger charge is -2.27. The molecule has 1 heterocycles. The van der Waals surface area contributed by atoms with Gasteiger partial charge in [0.1, 0.15) is 0 Å². The van der Waals surface area contributed by atoms with Gasteiger partial charge in [0.2, 0.25) is 0 Å². The number of amides is 2. The van der Waals surface area contributed by atoms with Crippen LogP contribution in [-0.2, 0) is 4.79 Å². The summed E-state index contributed by atoms with van der Waals surface area (Å²) < 4.78 is 0. The largest absolute Gasteiger partial charge is 0.481 e. The molecule has 20 heavy (non-hydrogen) atoms. The monoisotopic (exact) mass is 302 g/mol. The number of carboxylic acid groups (broad SMARTS) is 1. The van der Waals surface area contributed by atoms with Gasteiger partial charge in [0.15, 0.2) is 0 Å². The first-order chi connectivity index (χ1) is 9.54. The van der Waals surface area contributed by atoms with Gasteiger partial charge >= 0.3 is 12.0 Å². The zero-order valence-electron chi connectivity index (χ0n) is 12.4. The van der Waals surface area contributed by atoms with Crippen molar-refractivity contribution in [2.75, 3.05) is 18.8 Å². The van der Waals surface area contributed by atoms with Crippen LogP contribution in [0.4, 0.5) is 4.79 Å². The van der Waals surface area contributed by atoms with E-state index in [4.69, 9.17) is 0 Å². The molecule has 5 nitrogen and oxygen atoms in total. The van der Waals surface area contributed by atoms with Gasteiger partial charge in [-0.15, -0.1) is 0 Å². The van der Waals surface area contributed by atoms with Crippen molar-refractivity contribution in [1.82, 2.24) is 10.6 Å². The molecule has 0 aromatic rings. The molecular formula is C14H26N2O3S. The molecule has 0 bridgehead atoms. The number of hydrogen-bond acceptors (Lipinski definition) is 3. The second-order valence-corrected chi connectivity index (χ2v) is 6.75. The highest BCUT2D eigenvalue weighted by Gasteiger charge is 2.35. The molecule has 1 unspecified atom stereocenters. The van der Waals surface area contributed by atoms with Crippen LogP contribution >= 0.6 is 11.8 Å². The topological polar surface area (TPSA) is 78.4 Å². The van der Waals surface area contributed by atoms with E-state index in [1.54, 1.807) is 0 Å². The Labute approximate surface area is 125 Å². The summed E-state index contributed by atoms with van der Waals surface area (Å²) in [4.78, 5) is 23.1. The van der Waals surface area contributed by atoms with Crippen LogP contribution in [0.5, 0.6) is 0 Å². The fourth-order valence-electron chi connectivity index (χ4n) is 2.36. The van der Waals surface area contributed by atoms with Gasteiger partial charge < -0.3 is 15.7 Å². The molecular weight excluding hydrogens is 276 g/mol. The molecule has 0 aliphatic carbocycles. The zero-order chi connectivity index (χ0) is 15.0. The maximum atomic E-state index is 11.8. The summed E-state index contributed by atoms with van der Waals surface area (Å²) in [6.07, 6.45) is 4.67. The quantitative estimate of drug-likeness (QED) is 0.675. The number of thioether (sulfide) groups is 1. The number of hydrogen-bond donors (Lipinski definition) is 3. The van der Waals surface area contributed by atoms with Gasteiger partial charge in [-0.25, -0.2) is 4.79 Å². The normalized spacial score (nSPS) is 19.4. The molecule has 1 aliphatic heterocycles. The van der Waals surface area contributed by atoms with Crippen molar-refractivity contribution in [2.24, 2.45) is 5.41 Å². The molecule has 0 spiro atoms. The summed E-state index contributed by atoms with van der Waals surface area (Å²) in [5.41, 5.74) is -0.850. The maximum Gasteiger partial charge on any atom is 0.314 e. The van der Waals surface area contributed by atoms with E-state index >= 15 is 0 Å². The lowest BCUT2D eigenvalue weighted by Crippen LogP contribution is -2.47. The van der Waals surface area contributed by atoms with Gasteiger partial charge in [-0.3, -0.25) is 4.79 Å². The molecule has 0 saturated carbocycles. The van der Waals surface area contributed by atoms with E-state index in [1.807, 2.05) is 25.6 Å². The van der Waals surface area contributed by atoms with Crippen LogP contribution < -0.4 is 10.6 Å². The van der Waals surface area contributed by atoms with Crippen molar-refractivity contribution < 1.29 is 14.7 Å². The molecule has 6 heteroatoms. The second-order valence-electron chi connectivity index (χ2n) is 5.34. The van der Waals surface area contributed by atoms with Crippen LogP contribution in [0.15, 0.2) is 0 Å². The van der Waals surface area contributed by atoms with Crippen molar-refractivity contribution in [3.05, 3.63) is 0 Å². The lowest BCUT2D eigenvalue weighted by molar-refractivity contribution is -0.149. The molecule has 1 rings (SSSR count). The Bertz CT molecular complexity index is 326. The van der Waals surface area contributed by atoms with E-state index < -0.39 is 11.4 Å². The maximum absolute atomic E-state index is 11.8. The fourth-order valence-corrected chi connectivity index (χ4v) is 3.60. The molecule has 1 fully saturated rings. The lowest BCUT2D eigenvalue weighted by atomic mass is 9.82. The van der Waals surface area contributed by atoms with Gasteiger partial charge in [0.25, 0.3) is 0 Å². The van der Waals surface area contributed by atoms with Gasteiger partial charge in [-0.2, -0.15) is 11.8 Å². The van der Waals surface area contributed by atoms with E-state index in [1.165, 1.54) is 18.6 Å². The van der Waals surface area contributed by atoms with Gasteiger partial charge in [-0.1, -0.05) is 20.3 Å². The highest BCUT2D eigenvalue weighted by molar-refractivity contribution is 7.99. The van der Waals surface area contributed by atoms with Gasteiger partial charge in [-0.05, 0) is 31.4 Å². The minimum atomic E-state index is -0.850. The molecule has 0 radical (unpaired) electrons. The van der Waals surface area contributed by atoms with Crippen molar-refractivity contribution in [1.29, 1.82) is 0 Å². The predicted molar refractivity (Wildman–Crippen MR) is 82.1 cm³/mol. The minimum absolute atomic E-state index is 0.180. The van der Waals surface area contributed by atoms with E-state index in [0.29, 0.717) is 24.6 Å². The van der Waals surface area contributed by atoms with Crippen molar-refractivity contribution in [3.63, 3.8) is 0 Å². The predicted octanol–water partition coefficient (Wildman–Crippen LogP) is 2.46. The number of rotatable bonds is 7. The van der Waals surface area contributed by atoms with Crippen LogP contribution in [0.3, 0.4) is 0 Å². The number of aliphatic carboxylic acids is 1. The Kier molecular flexibility index (Phi) is 7.19. The number of urea groups is 1. The molecule has 2 amide bonds. The van der Waals surface area contributed by atoms with E-state index in [0.717, 1.165) is 6.42 Å². The van der Waals surface area contributed by atoms with Gasteiger partial charge in [0, 0.05) is 18.3 Å². The fraction of sp³-hybridized carbons (Fsp3) is 0.857. The smallest absolute Gasteiger partial charge is 0.314 e. The highest BCUT2D eigenvalue weighted by Crippen LogP contribution is 2.26. The minimum Gasteiger partial charge on any atom is -0.481 e. The number of nitrogens with one attached hydrogen (secondary N) is 2. The summed E-state index contributed by atoms with van der Waals surface area (Å²) >= 11 is 1.91. The van der Waals surface area contributed by atoms with Crippen molar-refractivity contribution >= 4 is 23.8 Å². The Morgan fingerprint density at radius 1 is 1.25 bits per heavy atom. The van der Waals surface area contributed by atoms with Gasteiger partial charge in [0.05, 0.1) is 5.41 Å². The summed E-state index contributed by atoms with van der Waals surface area (Å²) in [6, 6.07) is -0.260. The Morgan fingerprint density at radius 2 is 1.95 bits per heavy atom. The van der Waals surface area contributed by atoms with Crippen molar-refractivity contribution in [3.8, 4) is 0 Å². The van der Waals surface area contributed by atoms with E-state index in [9.17, 15) is 14.7 Å². The van der Waals surface area contributed by atoms with Crippen LogP contribution in [-0.4, -0.2) is 41.2 Å². The summed E-state index contributed by atoms with van der Waals surface area (Å²) in [5.74, 6) is 0.326. The first-order valence-corrected chi connectivity index (χ1v) is 8.45. The van der Waals surface area contributed by atoms with E-state index in [-0.39, 0.29) is 12.6 Å². The second kappa shape index (κ2) is 8.39. The Hall–Kier alpha value is -0.910. The molecule has 1 aliphatic rings. The molecule has 0 aromatic carbocycles. The first-order valence-electron chi connectivity index (χ1n) is 7.40. The third-order valence-electron chi connectivity index (χ3n) is 4.16. The van der Waals surface area contributed by atoms with Crippen LogP contribution in [0.2, 0.25) is 0 Å². The Morgan fingerprint density at radius 3 is 2.45 bits per heavy atom. The number of carbonyl (C=O) groups excluding carboxylic acids is 1. The third-order valence-corrected chi connectivity index (χ3v) is 5.56. The summed E-state index contributed by atoms with van der Waals surface area (Å²) in [5, 5.41) is 15.3. The molecule has 1 atom stereocenters. The zero-order valence-corrected chi connectivity index (χ0v) is 13.2. The molecule has 1 saturated heterocycles. The van der Waals surface area contributed by atoms with E-state index in [2.05, 4.69) is 10.6 Å². The number of carbonyl (C=O) groups is 2. The first kappa shape index (κ1) is 17.1. The van der Waals surface area contributed by atoms with Crippen LogP contribution in [0.25, 0.3) is 0 Å². The molecule has 116 valence electrons. The summed E-state index contributed by atoms with van der Waals surface area (Å²) in [6.45, 7) is 4.53. The Balaban J connectivity index is 2.32. The number of carboxylic acids is 1. The van der Waals surface area contributed by atoms with Crippen LogP contribution in [0.1, 0.15) is 46.0 Å². The average Bonchev–Trinajstić information content (AvgIpc) is 2.47. The van der Waals surface area contributed by atoms with Crippen molar-refractivity contribution in [2.45, 2.75) is 51.2 Å². The third kappa shape index (κ3) is 4.89. The van der Waals surface area contributed by atoms with Crippen LogP contribution in [0, 0.1) is 5.41 Å². The standard InChI is InChI=1S/C14H26N2O3S/c1-3-14(4-2,12(17)18)10-16-13(19)15-9-11-7-5-6-8-20-11/h11H,3-10H2,1-2H3,(H,17,18)(H2,15,16,19).